The predicted octanol–water partition coefficient (Wildman–Crippen LogP) is 4.28. The summed E-state index contributed by atoms with van der Waals surface area (Å²) in [5, 5.41) is 3.39. The summed E-state index contributed by atoms with van der Waals surface area (Å²) in [6.07, 6.45) is 4.80. The molecule has 0 heterocycles. The summed E-state index contributed by atoms with van der Waals surface area (Å²) >= 11 is 0. The lowest BCUT2D eigenvalue weighted by molar-refractivity contribution is -0.195. The van der Waals surface area contributed by atoms with Crippen LogP contribution >= 0.6 is 0 Å². The smallest absolute Gasteiger partial charge is 0.314 e. The zero-order valence-electron chi connectivity index (χ0n) is 10.9. The Bertz CT molecular complexity index is 246. The van der Waals surface area contributed by atoms with E-state index in [0.29, 0.717) is 19.0 Å². The Morgan fingerprint density at radius 3 is 2.11 bits per heavy atom. The maximum Gasteiger partial charge on any atom is 0.392 e. The van der Waals surface area contributed by atoms with Gasteiger partial charge in [-0.2, -0.15) is 13.2 Å². The van der Waals surface area contributed by atoms with Gasteiger partial charge in [-0.1, -0.05) is 32.1 Å². The topological polar surface area (TPSA) is 12.0 Å². The molecule has 2 rings (SSSR count). The molecular formula is C14H24F3N. The van der Waals surface area contributed by atoms with Crippen LogP contribution in [0, 0.1) is 11.8 Å². The molecule has 2 aliphatic carbocycles. The highest BCUT2D eigenvalue weighted by molar-refractivity contribution is 4.83. The summed E-state index contributed by atoms with van der Waals surface area (Å²) in [6.45, 7) is 0.564. The summed E-state index contributed by atoms with van der Waals surface area (Å²) in [6, 6.07) is 0.467. The maximum atomic E-state index is 12.9. The number of halogens is 3. The van der Waals surface area contributed by atoms with Crippen molar-refractivity contribution in [2.75, 3.05) is 6.54 Å². The Labute approximate surface area is 108 Å². The van der Waals surface area contributed by atoms with Gasteiger partial charge in [0.2, 0.25) is 0 Å². The summed E-state index contributed by atoms with van der Waals surface area (Å²) in [5.41, 5.74) is 0. The van der Waals surface area contributed by atoms with Crippen LogP contribution in [0.25, 0.3) is 0 Å². The molecule has 0 bridgehead atoms. The standard InChI is InChI=1S/C14H24F3N/c15-14(16,17)13-9-5-4-6-11(13)10-18-12-7-2-1-3-8-12/h11-13,18H,1-10H2. The minimum absolute atomic E-state index is 0.194. The van der Waals surface area contributed by atoms with Gasteiger partial charge in [0.15, 0.2) is 0 Å². The third-order valence-electron chi connectivity index (χ3n) is 4.60. The quantitative estimate of drug-likeness (QED) is 0.801. The first-order chi connectivity index (χ1) is 8.57. The lowest BCUT2D eigenvalue weighted by Crippen LogP contribution is -2.42. The molecule has 2 atom stereocenters. The lowest BCUT2D eigenvalue weighted by atomic mass is 9.78. The van der Waals surface area contributed by atoms with E-state index >= 15 is 0 Å². The van der Waals surface area contributed by atoms with E-state index in [1.165, 1.54) is 19.3 Å². The fourth-order valence-corrected chi connectivity index (χ4v) is 3.51. The highest BCUT2D eigenvalue weighted by Crippen LogP contribution is 2.41. The van der Waals surface area contributed by atoms with Gasteiger partial charge in [0.05, 0.1) is 5.92 Å². The van der Waals surface area contributed by atoms with Crippen molar-refractivity contribution in [1.82, 2.24) is 5.32 Å². The number of rotatable bonds is 3. The Kier molecular flexibility index (Phi) is 4.93. The van der Waals surface area contributed by atoms with Gasteiger partial charge in [-0.15, -0.1) is 0 Å². The average molecular weight is 263 g/mol. The molecule has 0 radical (unpaired) electrons. The van der Waals surface area contributed by atoms with Crippen molar-refractivity contribution in [3.8, 4) is 0 Å². The normalized spacial score (nSPS) is 31.5. The second-order valence-corrected chi connectivity index (χ2v) is 5.94. The van der Waals surface area contributed by atoms with E-state index in [1.54, 1.807) is 0 Å². The molecule has 0 spiro atoms. The van der Waals surface area contributed by atoms with Crippen LogP contribution in [0.2, 0.25) is 0 Å². The molecule has 2 unspecified atom stereocenters. The third-order valence-corrected chi connectivity index (χ3v) is 4.60. The molecule has 0 saturated heterocycles. The molecule has 18 heavy (non-hydrogen) atoms. The molecule has 0 aliphatic heterocycles. The van der Waals surface area contributed by atoms with E-state index in [4.69, 9.17) is 0 Å². The van der Waals surface area contributed by atoms with Gasteiger partial charge in [-0.05, 0) is 38.1 Å². The minimum atomic E-state index is -4.00. The molecule has 2 aliphatic rings. The highest BCUT2D eigenvalue weighted by atomic mass is 19.4. The van der Waals surface area contributed by atoms with Gasteiger partial charge < -0.3 is 5.32 Å². The zero-order chi connectivity index (χ0) is 13.0. The van der Waals surface area contributed by atoms with Gasteiger partial charge in [0.1, 0.15) is 0 Å². The molecule has 2 fully saturated rings. The molecule has 2 saturated carbocycles. The van der Waals surface area contributed by atoms with Crippen LogP contribution in [0.5, 0.6) is 0 Å². The number of hydrogen-bond donors (Lipinski definition) is 1. The fourth-order valence-electron chi connectivity index (χ4n) is 3.51. The van der Waals surface area contributed by atoms with Crippen LogP contribution < -0.4 is 5.32 Å². The van der Waals surface area contributed by atoms with Crippen LogP contribution in [-0.4, -0.2) is 18.8 Å². The SMILES string of the molecule is FC(F)(F)C1CCCCC1CNC1CCCCC1. The van der Waals surface area contributed by atoms with Crippen molar-refractivity contribution < 1.29 is 13.2 Å². The molecule has 0 amide bonds. The first kappa shape index (κ1) is 14.2. The van der Waals surface area contributed by atoms with Crippen molar-refractivity contribution in [3.63, 3.8) is 0 Å². The van der Waals surface area contributed by atoms with E-state index in [1.807, 2.05) is 0 Å². The van der Waals surface area contributed by atoms with Crippen molar-refractivity contribution in [2.24, 2.45) is 11.8 Å². The number of hydrogen-bond acceptors (Lipinski definition) is 1. The summed E-state index contributed by atoms with van der Waals surface area (Å²) in [5.74, 6) is -1.26. The lowest BCUT2D eigenvalue weighted by Gasteiger charge is -2.34. The molecule has 0 aromatic heterocycles. The first-order valence-electron chi connectivity index (χ1n) is 7.37. The second-order valence-electron chi connectivity index (χ2n) is 5.94. The Balaban J connectivity index is 1.81. The van der Waals surface area contributed by atoms with Crippen molar-refractivity contribution in [1.29, 1.82) is 0 Å². The van der Waals surface area contributed by atoms with Crippen molar-refractivity contribution >= 4 is 0 Å². The van der Waals surface area contributed by atoms with E-state index < -0.39 is 12.1 Å². The Morgan fingerprint density at radius 1 is 0.833 bits per heavy atom. The predicted molar refractivity (Wildman–Crippen MR) is 66.4 cm³/mol. The van der Waals surface area contributed by atoms with Crippen LogP contribution in [-0.2, 0) is 0 Å². The molecule has 106 valence electrons. The van der Waals surface area contributed by atoms with E-state index in [0.717, 1.165) is 32.1 Å². The monoisotopic (exact) mass is 263 g/mol. The molecule has 4 heteroatoms. The maximum absolute atomic E-state index is 12.9. The van der Waals surface area contributed by atoms with Crippen LogP contribution in [0.1, 0.15) is 57.8 Å². The summed E-state index contributed by atoms with van der Waals surface area (Å²) < 4.78 is 38.8. The van der Waals surface area contributed by atoms with E-state index in [9.17, 15) is 13.2 Å². The van der Waals surface area contributed by atoms with Gasteiger partial charge in [-0.25, -0.2) is 0 Å². The van der Waals surface area contributed by atoms with Crippen LogP contribution in [0.15, 0.2) is 0 Å². The molecule has 0 aromatic carbocycles. The summed E-state index contributed by atoms with van der Waals surface area (Å²) in [4.78, 5) is 0. The van der Waals surface area contributed by atoms with E-state index in [2.05, 4.69) is 5.32 Å². The van der Waals surface area contributed by atoms with Crippen LogP contribution in [0.4, 0.5) is 13.2 Å². The third kappa shape index (κ3) is 3.87. The largest absolute Gasteiger partial charge is 0.392 e. The summed E-state index contributed by atoms with van der Waals surface area (Å²) in [7, 11) is 0. The molecule has 1 nitrogen and oxygen atoms in total. The first-order valence-corrected chi connectivity index (χ1v) is 7.37. The van der Waals surface area contributed by atoms with E-state index in [-0.39, 0.29) is 5.92 Å². The Morgan fingerprint density at radius 2 is 1.44 bits per heavy atom. The Hall–Kier alpha value is -0.250. The fraction of sp³-hybridized carbons (Fsp3) is 1.00. The van der Waals surface area contributed by atoms with Gasteiger partial charge >= 0.3 is 6.18 Å². The second kappa shape index (κ2) is 6.27. The molecular weight excluding hydrogens is 239 g/mol. The highest BCUT2D eigenvalue weighted by Gasteiger charge is 2.45. The van der Waals surface area contributed by atoms with Crippen molar-refractivity contribution in [3.05, 3.63) is 0 Å². The van der Waals surface area contributed by atoms with Crippen LogP contribution in [0.3, 0.4) is 0 Å². The molecule has 1 N–H and O–H groups in total. The average Bonchev–Trinajstić information content (AvgIpc) is 2.37. The minimum Gasteiger partial charge on any atom is -0.314 e. The van der Waals surface area contributed by atoms with Crippen molar-refractivity contribution in [2.45, 2.75) is 70.0 Å². The van der Waals surface area contributed by atoms with Gasteiger partial charge in [0, 0.05) is 6.04 Å². The zero-order valence-corrected chi connectivity index (χ0v) is 10.9. The van der Waals surface area contributed by atoms with Gasteiger partial charge in [0.25, 0.3) is 0 Å². The number of nitrogens with one attached hydrogen (secondary N) is 1. The molecule has 0 aromatic rings. The van der Waals surface area contributed by atoms with Gasteiger partial charge in [-0.3, -0.25) is 0 Å². The number of alkyl halides is 3.